The first-order valence-electron chi connectivity index (χ1n) is 6.95. The lowest BCUT2D eigenvalue weighted by molar-refractivity contribution is -0.143. The van der Waals surface area contributed by atoms with Crippen LogP contribution < -0.4 is 5.73 Å². The molecule has 0 aromatic rings. The first kappa shape index (κ1) is 15.4. The van der Waals surface area contributed by atoms with E-state index in [2.05, 4.69) is 13.8 Å². The maximum absolute atomic E-state index is 10.8. The number of carbonyl (C=O) groups is 1. The zero-order valence-corrected chi connectivity index (χ0v) is 11.8. The minimum atomic E-state index is -1.13. The second kappa shape index (κ2) is 6.53. The zero-order chi connectivity index (χ0) is 13.8. The third-order valence-electron chi connectivity index (χ3n) is 3.82. The fourth-order valence-corrected chi connectivity index (χ4v) is 2.81. The molecule has 0 amide bonds. The second-order valence-corrected chi connectivity index (χ2v) is 6.24. The molecule has 18 heavy (non-hydrogen) atoms. The standard InChI is InChI=1S/C14H27NO3/c1-10-7-11(2)9-12(8-10)18-6-4-5-14(3,15)13(16)17/h10-12H,4-9,15H2,1-3H3,(H,16,17). The van der Waals surface area contributed by atoms with Crippen LogP contribution in [0.1, 0.15) is 52.9 Å². The van der Waals surface area contributed by atoms with Crippen molar-refractivity contribution in [2.75, 3.05) is 6.61 Å². The number of carboxylic acids is 1. The van der Waals surface area contributed by atoms with Crippen LogP contribution in [-0.2, 0) is 9.53 Å². The van der Waals surface area contributed by atoms with Gasteiger partial charge >= 0.3 is 5.97 Å². The summed E-state index contributed by atoms with van der Waals surface area (Å²) >= 11 is 0. The van der Waals surface area contributed by atoms with Crippen LogP contribution in [-0.4, -0.2) is 29.3 Å². The molecule has 4 nitrogen and oxygen atoms in total. The first-order chi connectivity index (χ1) is 8.31. The molecule has 1 rings (SSSR count). The van der Waals surface area contributed by atoms with Crippen LogP contribution in [0, 0.1) is 11.8 Å². The third kappa shape index (κ3) is 4.94. The van der Waals surface area contributed by atoms with E-state index in [1.54, 1.807) is 6.92 Å². The number of hydrogen-bond acceptors (Lipinski definition) is 3. The van der Waals surface area contributed by atoms with Crippen molar-refractivity contribution in [1.29, 1.82) is 0 Å². The molecule has 3 unspecified atom stereocenters. The Morgan fingerprint density at radius 2 is 1.89 bits per heavy atom. The predicted octanol–water partition coefficient (Wildman–Crippen LogP) is 2.41. The van der Waals surface area contributed by atoms with Crippen molar-refractivity contribution in [3.8, 4) is 0 Å². The molecule has 0 saturated heterocycles. The Labute approximate surface area is 110 Å². The van der Waals surface area contributed by atoms with Crippen molar-refractivity contribution in [3.05, 3.63) is 0 Å². The van der Waals surface area contributed by atoms with Gasteiger partial charge in [-0.2, -0.15) is 0 Å². The molecule has 3 N–H and O–H groups in total. The summed E-state index contributed by atoms with van der Waals surface area (Å²) in [6.45, 7) is 6.71. The van der Waals surface area contributed by atoms with Gasteiger partial charge < -0.3 is 15.6 Å². The molecule has 1 fully saturated rings. The zero-order valence-electron chi connectivity index (χ0n) is 11.8. The van der Waals surface area contributed by atoms with Crippen LogP contribution in [0.15, 0.2) is 0 Å². The monoisotopic (exact) mass is 257 g/mol. The summed E-state index contributed by atoms with van der Waals surface area (Å²) in [5, 5.41) is 8.89. The Balaban J connectivity index is 2.20. The van der Waals surface area contributed by atoms with Gasteiger partial charge in [0.05, 0.1) is 6.10 Å². The van der Waals surface area contributed by atoms with E-state index < -0.39 is 11.5 Å². The highest BCUT2D eigenvalue weighted by molar-refractivity contribution is 5.77. The van der Waals surface area contributed by atoms with Crippen molar-refractivity contribution in [2.24, 2.45) is 17.6 Å². The lowest BCUT2D eigenvalue weighted by Gasteiger charge is -2.31. The molecule has 0 aromatic carbocycles. The summed E-state index contributed by atoms with van der Waals surface area (Å²) in [4.78, 5) is 10.8. The van der Waals surface area contributed by atoms with Gasteiger partial charge in [-0.1, -0.05) is 13.8 Å². The van der Waals surface area contributed by atoms with E-state index in [1.165, 1.54) is 6.42 Å². The molecule has 1 saturated carbocycles. The van der Waals surface area contributed by atoms with Gasteiger partial charge in [-0.15, -0.1) is 0 Å². The molecule has 3 atom stereocenters. The van der Waals surface area contributed by atoms with Crippen LogP contribution in [0.5, 0.6) is 0 Å². The molecule has 0 heterocycles. The number of nitrogens with two attached hydrogens (primary N) is 1. The minimum absolute atomic E-state index is 0.345. The highest BCUT2D eigenvalue weighted by Crippen LogP contribution is 2.30. The lowest BCUT2D eigenvalue weighted by atomic mass is 9.82. The molecule has 0 aromatic heterocycles. The topological polar surface area (TPSA) is 72.5 Å². The van der Waals surface area contributed by atoms with Crippen LogP contribution in [0.2, 0.25) is 0 Å². The quantitative estimate of drug-likeness (QED) is 0.717. The van der Waals surface area contributed by atoms with Gasteiger partial charge in [-0.25, -0.2) is 0 Å². The molecule has 0 aliphatic heterocycles. The normalized spacial score (nSPS) is 31.9. The van der Waals surface area contributed by atoms with Gasteiger partial charge in [0.15, 0.2) is 0 Å². The van der Waals surface area contributed by atoms with E-state index in [-0.39, 0.29) is 0 Å². The average Bonchev–Trinajstić information content (AvgIpc) is 2.23. The van der Waals surface area contributed by atoms with Gasteiger partial charge in [0.25, 0.3) is 0 Å². The van der Waals surface area contributed by atoms with E-state index in [9.17, 15) is 4.79 Å². The van der Waals surface area contributed by atoms with Gasteiger partial charge in [0, 0.05) is 6.61 Å². The Hall–Kier alpha value is -0.610. The van der Waals surface area contributed by atoms with Gasteiger partial charge in [-0.3, -0.25) is 4.79 Å². The highest BCUT2D eigenvalue weighted by atomic mass is 16.5. The summed E-state index contributed by atoms with van der Waals surface area (Å²) in [6, 6.07) is 0. The molecule has 4 heteroatoms. The Bertz CT molecular complexity index is 268. The molecule has 0 radical (unpaired) electrons. The first-order valence-corrected chi connectivity index (χ1v) is 6.95. The number of hydrogen-bond donors (Lipinski definition) is 2. The maximum Gasteiger partial charge on any atom is 0.323 e. The van der Waals surface area contributed by atoms with Gasteiger partial charge in [0.2, 0.25) is 0 Å². The SMILES string of the molecule is CC1CC(C)CC(OCCCC(C)(N)C(=O)O)C1. The maximum atomic E-state index is 10.8. The summed E-state index contributed by atoms with van der Waals surface area (Å²) in [5.41, 5.74) is 4.54. The van der Waals surface area contributed by atoms with E-state index >= 15 is 0 Å². The van der Waals surface area contributed by atoms with E-state index in [0.29, 0.717) is 25.6 Å². The predicted molar refractivity (Wildman–Crippen MR) is 71.4 cm³/mol. The number of ether oxygens (including phenoxy) is 1. The average molecular weight is 257 g/mol. The largest absolute Gasteiger partial charge is 0.480 e. The number of rotatable bonds is 6. The highest BCUT2D eigenvalue weighted by Gasteiger charge is 2.28. The number of carboxylic acid groups (broad SMARTS) is 1. The fourth-order valence-electron chi connectivity index (χ4n) is 2.81. The minimum Gasteiger partial charge on any atom is -0.480 e. The Kier molecular flexibility index (Phi) is 5.60. The number of aliphatic carboxylic acids is 1. The van der Waals surface area contributed by atoms with Gasteiger partial charge in [0.1, 0.15) is 5.54 Å². The summed E-state index contributed by atoms with van der Waals surface area (Å²) in [7, 11) is 0. The lowest BCUT2D eigenvalue weighted by Crippen LogP contribution is -2.44. The molecule has 0 bridgehead atoms. The van der Waals surface area contributed by atoms with E-state index in [4.69, 9.17) is 15.6 Å². The van der Waals surface area contributed by atoms with Crippen molar-refractivity contribution in [1.82, 2.24) is 0 Å². The summed E-state index contributed by atoms with van der Waals surface area (Å²) in [5.74, 6) is 0.525. The molecule has 0 spiro atoms. The van der Waals surface area contributed by atoms with Crippen molar-refractivity contribution in [3.63, 3.8) is 0 Å². The van der Waals surface area contributed by atoms with Crippen molar-refractivity contribution >= 4 is 5.97 Å². The Morgan fingerprint density at radius 1 is 1.33 bits per heavy atom. The molecule has 106 valence electrons. The molecular weight excluding hydrogens is 230 g/mol. The molecular formula is C14H27NO3. The van der Waals surface area contributed by atoms with Crippen molar-refractivity contribution in [2.45, 2.75) is 64.5 Å². The van der Waals surface area contributed by atoms with Gasteiger partial charge in [-0.05, 0) is 50.9 Å². The third-order valence-corrected chi connectivity index (χ3v) is 3.82. The van der Waals surface area contributed by atoms with Crippen LogP contribution in [0.3, 0.4) is 0 Å². The smallest absolute Gasteiger partial charge is 0.323 e. The summed E-state index contributed by atoms with van der Waals surface area (Å²) < 4.78 is 5.85. The summed E-state index contributed by atoms with van der Waals surface area (Å²) in [6.07, 6.45) is 5.06. The van der Waals surface area contributed by atoms with Crippen molar-refractivity contribution < 1.29 is 14.6 Å². The van der Waals surface area contributed by atoms with Crippen LogP contribution in [0.4, 0.5) is 0 Å². The molecule has 1 aliphatic rings. The molecule has 1 aliphatic carbocycles. The van der Waals surface area contributed by atoms with Crippen LogP contribution in [0.25, 0.3) is 0 Å². The van der Waals surface area contributed by atoms with Crippen LogP contribution >= 0.6 is 0 Å². The Morgan fingerprint density at radius 3 is 2.39 bits per heavy atom. The van der Waals surface area contributed by atoms with E-state index in [1.807, 2.05) is 0 Å². The second-order valence-electron chi connectivity index (χ2n) is 6.24. The fraction of sp³-hybridized carbons (Fsp3) is 0.929. The van der Waals surface area contributed by atoms with E-state index in [0.717, 1.165) is 24.7 Å².